The third-order valence-corrected chi connectivity index (χ3v) is 3.95. The Labute approximate surface area is 120 Å². The number of rotatable bonds is 7. The standard InChI is InChI=1S/C15H23N3O2/c1-3-9-16-14-8-7-12(10-15(14)18(19)20)11-17(2)13-5-4-6-13/h7-8,10,13,16H,3-6,9,11H2,1-2H3. The van der Waals surface area contributed by atoms with Gasteiger partial charge in [0.1, 0.15) is 5.69 Å². The average Bonchev–Trinajstić information content (AvgIpc) is 2.34. The predicted octanol–water partition coefficient (Wildman–Crippen LogP) is 3.40. The van der Waals surface area contributed by atoms with E-state index >= 15 is 0 Å². The molecule has 1 fully saturated rings. The van der Waals surface area contributed by atoms with Gasteiger partial charge in [-0.1, -0.05) is 19.4 Å². The van der Waals surface area contributed by atoms with Crippen LogP contribution in [0, 0.1) is 10.1 Å². The van der Waals surface area contributed by atoms with Gasteiger partial charge in [0.05, 0.1) is 4.92 Å². The van der Waals surface area contributed by atoms with E-state index in [0.717, 1.165) is 25.1 Å². The molecule has 1 N–H and O–H groups in total. The van der Waals surface area contributed by atoms with E-state index < -0.39 is 0 Å². The highest BCUT2D eigenvalue weighted by Gasteiger charge is 2.22. The Hall–Kier alpha value is -1.62. The van der Waals surface area contributed by atoms with Gasteiger partial charge in [-0.15, -0.1) is 0 Å². The molecule has 0 unspecified atom stereocenters. The smallest absolute Gasteiger partial charge is 0.292 e. The van der Waals surface area contributed by atoms with Crippen LogP contribution >= 0.6 is 0 Å². The molecule has 0 saturated heterocycles. The summed E-state index contributed by atoms with van der Waals surface area (Å²) in [6.07, 6.45) is 4.74. The highest BCUT2D eigenvalue weighted by Crippen LogP contribution is 2.28. The first-order valence-corrected chi connectivity index (χ1v) is 7.33. The first-order valence-electron chi connectivity index (χ1n) is 7.33. The molecular weight excluding hydrogens is 254 g/mol. The molecule has 0 heterocycles. The minimum Gasteiger partial charge on any atom is -0.380 e. The highest BCUT2D eigenvalue weighted by molar-refractivity contribution is 5.62. The van der Waals surface area contributed by atoms with Crippen molar-refractivity contribution in [1.82, 2.24) is 4.90 Å². The Morgan fingerprint density at radius 2 is 2.20 bits per heavy atom. The molecule has 20 heavy (non-hydrogen) atoms. The topological polar surface area (TPSA) is 58.4 Å². The van der Waals surface area contributed by atoms with Crippen molar-refractivity contribution in [1.29, 1.82) is 0 Å². The lowest BCUT2D eigenvalue weighted by atomic mass is 9.91. The fraction of sp³-hybridized carbons (Fsp3) is 0.600. The minimum atomic E-state index is -0.301. The summed E-state index contributed by atoms with van der Waals surface area (Å²) in [5, 5.41) is 14.3. The number of anilines is 1. The molecule has 0 radical (unpaired) electrons. The van der Waals surface area contributed by atoms with Crippen molar-refractivity contribution in [2.24, 2.45) is 0 Å². The van der Waals surface area contributed by atoms with Crippen LogP contribution in [0.2, 0.25) is 0 Å². The number of hydrogen-bond acceptors (Lipinski definition) is 4. The average molecular weight is 277 g/mol. The molecule has 1 aliphatic rings. The number of benzene rings is 1. The zero-order chi connectivity index (χ0) is 14.5. The summed E-state index contributed by atoms with van der Waals surface area (Å²) >= 11 is 0. The summed E-state index contributed by atoms with van der Waals surface area (Å²) in [7, 11) is 2.10. The van der Waals surface area contributed by atoms with Crippen molar-refractivity contribution in [3.8, 4) is 0 Å². The first kappa shape index (κ1) is 14.8. The molecule has 0 amide bonds. The molecule has 110 valence electrons. The normalized spacial score (nSPS) is 15.2. The maximum atomic E-state index is 11.2. The maximum absolute atomic E-state index is 11.2. The van der Waals surface area contributed by atoms with Gasteiger partial charge in [0, 0.05) is 25.2 Å². The van der Waals surface area contributed by atoms with Crippen LogP contribution in [0.25, 0.3) is 0 Å². The Balaban J connectivity index is 2.09. The molecule has 1 aromatic rings. The molecule has 0 spiro atoms. The van der Waals surface area contributed by atoms with E-state index in [4.69, 9.17) is 0 Å². The first-order chi connectivity index (χ1) is 9.61. The zero-order valence-corrected chi connectivity index (χ0v) is 12.3. The van der Waals surface area contributed by atoms with Crippen molar-refractivity contribution in [3.63, 3.8) is 0 Å². The third-order valence-electron chi connectivity index (χ3n) is 3.95. The van der Waals surface area contributed by atoms with Crippen LogP contribution in [0.1, 0.15) is 38.2 Å². The summed E-state index contributed by atoms with van der Waals surface area (Å²) < 4.78 is 0. The van der Waals surface area contributed by atoms with Gasteiger partial charge in [-0.3, -0.25) is 15.0 Å². The van der Waals surface area contributed by atoms with Crippen molar-refractivity contribution in [2.45, 2.75) is 45.2 Å². The fourth-order valence-corrected chi connectivity index (χ4v) is 2.48. The molecule has 1 aromatic carbocycles. The highest BCUT2D eigenvalue weighted by atomic mass is 16.6. The van der Waals surface area contributed by atoms with Crippen LogP contribution in [0.3, 0.4) is 0 Å². The quantitative estimate of drug-likeness (QED) is 0.613. The molecule has 0 atom stereocenters. The fourth-order valence-electron chi connectivity index (χ4n) is 2.48. The summed E-state index contributed by atoms with van der Waals surface area (Å²) in [4.78, 5) is 13.2. The van der Waals surface area contributed by atoms with Gasteiger partial charge in [-0.2, -0.15) is 0 Å². The second-order valence-electron chi connectivity index (χ2n) is 5.54. The molecular formula is C15H23N3O2. The van der Waals surface area contributed by atoms with E-state index in [0.29, 0.717) is 11.7 Å². The molecule has 1 aliphatic carbocycles. The number of hydrogen-bond donors (Lipinski definition) is 1. The van der Waals surface area contributed by atoms with E-state index in [-0.39, 0.29) is 10.6 Å². The van der Waals surface area contributed by atoms with Crippen LogP contribution < -0.4 is 5.32 Å². The lowest BCUT2D eigenvalue weighted by molar-refractivity contribution is -0.384. The largest absolute Gasteiger partial charge is 0.380 e. The van der Waals surface area contributed by atoms with Crippen molar-refractivity contribution in [3.05, 3.63) is 33.9 Å². The SMILES string of the molecule is CCCNc1ccc(CN(C)C2CCC2)cc1[N+](=O)[O-]. The van der Waals surface area contributed by atoms with E-state index in [9.17, 15) is 10.1 Å². The van der Waals surface area contributed by atoms with E-state index in [2.05, 4.69) is 17.3 Å². The van der Waals surface area contributed by atoms with Gasteiger partial charge in [0.15, 0.2) is 0 Å². The lowest BCUT2D eigenvalue weighted by Crippen LogP contribution is -2.36. The van der Waals surface area contributed by atoms with Crippen molar-refractivity contribution < 1.29 is 4.92 Å². The van der Waals surface area contributed by atoms with Gasteiger partial charge in [0.25, 0.3) is 5.69 Å². The third kappa shape index (κ3) is 3.48. The number of nitro groups is 1. The van der Waals surface area contributed by atoms with E-state index in [1.807, 2.05) is 19.1 Å². The Kier molecular flexibility index (Phi) is 4.95. The Morgan fingerprint density at radius 1 is 1.45 bits per heavy atom. The minimum absolute atomic E-state index is 0.179. The molecule has 0 aliphatic heterocycles. The van der Waals surface area contributed by atoms with Crippen LogP contribution in [-0.4, -0.2) is 29.5 Å². The number of nitro benzene ring substituents is 1. The van der Waals surface area contributed by atoms with Gasteiger partial charge in [-0.05, 0) is 37.9 Å². The second kappa shape index (κ2) is 6.70. The number of nitrogens with zero attached hydrogens (tertiary/aromatic N) is 2. The van der Waals surface area contributed by atoms with Gasteiger partial charge in [-0.25, -0.2) is 0 Å². The summed E-state index contributed by atoms with van der Waals surface area (Å²) in [6.45, 7) is 3.57. The molecule has 0 bridgehead atoms. The van der Waals surface area contributed by atoms with Crippen LogP contribution in [0.4, 0.5) is 11.4 Å². The van der Waals surface area contributed by atoms with Crippen molar-refractivity contribution >= 4 is 11.4 Å². The maximum Gasteiger partial charge on any atom is 0.292 e. The van der Waals surface area contributed by atoms with Gasteiger partial charge < -0.3 is 5.32 Å². The Morgan fingerprint density at radius 3 is 2.75 bits per heavy atom. The zero-order valence-electron chi connectivity index (χ0n) is 12.3. The van der Waals surface area contributed by atoms with Crippen LogP contribution in [-0.2, 0) is 6.54 Å². The molecule has 5 nitrogen and oxygen atoms in total. The van der Waals surface area contributed by atoms with Crippen molar-refractivity contribution in [2.75, 3.05) is 18.9 Å². The second-order valence-corrected chi connectivity index (χ2v) is 5.54. The van der Waals surface area contributed by atoms with Crippen LogP contribution in [0.5, 0.6) is 0 Å². The molecule has 2 rings (SSSR count). The van der Waals surface area contributed by atoms with Gasteiger partial charge >= 0.3 is 0 Å². The van der Waals surface area contributed by atoms with E-state index in [1.165, 1.54) is 19.3 Å². The number of nitrogens with one attached hydrogen (secondary N) is 1. The monoisotopic (exact) mass is 277 g/mol. The Bertz CT molecular complexity index is 472. The lowest BCUT2D eigenvalue weighted by Gasteiger charge is -2.34. The summed E-state index contributed by atoms with van der Waals surface area (Å²) in [5.41, 5.74) is 1.80. The predicted molar refractivity (Wildman–Crippen MR) is 81.0 cm³/mol. The molecule has 5 heteroatoms. The molecule has 0 aromatic heterocycles. The van der Waals surface area contributed by atoms with Crippen LogP contribution in [0.15, 0.2) is 18.2 Å². The van der Waals surface area contributed by atoms with Gasteiger partial charge in [0.2, 0.25) is 0 Å². The molecule has 1 saturated carbocycles. The summed E-state index contributed by atoms with van der Waals surface area (Å²) in [6, 6.07) is 6.16. The summed E-state index contributed by atoms with van der Waals surface area (Å²) in [5.74, 6) is 0. The van der Waals surface area contributed by atoms with E-state index in [1.54, 1.807) is 6.07 Å².